The van der Waals surface area contributed by atoms with Crippen LogP contribution >= 0.6 is 0 Å². The van der Waals surface area contributed by atoms with E-state index in [9.17, 15) is 13.2 Å². The van der Waals surface area contributed by atoms with Crippen LogP contribution in [0, 0.1) is 0 Å². The number of nitrogens with two attached hydrogens (primary N) is 1. The van der Waals surface area contributed by atoms with Crippen molar-refractivity contribution in [2.45, 2.75) is 10.3 Å². The molecule has 3 N–H and O–H groups in total. The summed E-state index contributed by atoms with van der Waals surface area (Å²) >= 11 is 0. The zero-order chi connectivity index (χ0) is 13.2. The summed E-state index contributed by atoms with van der Waals surface area (Å²) in [4.78, 5) is 12.7. The Morgan fingerprint density at radius 3 is 2.61 bits per heavy atom. The number of benzene rings is 1. The first kappa shape index (κ1) is 12.8. The zero-order valence-electron chi connectivity index (χ0n) is 9.74. The van der Waals surface area contributed by atoms with Gasteiger partial charge in [0.15, 0.2) is 5.37 Å². The highest BCUT2D eigenvalue weighted by Gasteiger charge is 2.36. The van der Waals surface area contributed by atoms with Crippen LogP contribution in [0.5, 0.6) is 0 Å². The fraction of sp³-hybridized carbons (Fsp3) is 0.364. The fourth-order valence-corrected chi connectivity index (χ4v) is 3.71. The van der Waals surface area contributed by atoms with Crippen LogP contribution < -0.4 is 11.1 Å². The number of amides is 2. The number of carbonyl (C=O) groups is 1. The molecule has 2 rings (SSSR count). The average Bonchev–Trinajstić information content (AvgIpc) is 2.39. The van der Waals surface area contributed by atoms with E-state index in [-0.39, 0.29) is 11.4 Å². The first-order chi connectivity index (χ1) is 8.53. The monoisotopic (exact) mass is 269 g/mol. The summed E-state index contributed by atoms with van der Waals surface area (Å²) in [5.74, 6) is 0. The van der Waals surface area contributed by atoms with Crippen LogP contribution in [0.3, 0.4) is 0 Å². The van der Waals surface area contributed by atoms with Crippen molar-refractivity contribution >= 4 is 15.9 Å². The van der Waals surface area contributed by atoms with Gasteiger partial charge in [-0.05, 0) is 12.1 Å². The molecule has 1 aromatic carbocycles. The molecule has 1 unspecified atom stereocenters. The Morgan fingerprint density at radius 1 is 1.33 bits per heavy atom. The molecule has 0 aliphatic carbocycles. The van der Waals surface area contributed by atoms with Crippen LogP contribution in [-0.4, -0.2) is 44.4 Å². The molecule has 0 bridgehead atoms. The molecular weight excluding hydrogens is 254 g/mol. The summed E-state index contributed by atoms with van der Waals surface area (Å²) in [5, 5.41) is 2.03. The van der Waals surface area contributed by atoms with E-state index in [1.165, 1.54) is 17.0 Å². The molecule has 0 saturated carbocycles. The van der Waals surface area contributed by atoms with Crippen molar-refractivity contribution in [2.75, 3.05) is 19.6 Å². The van der Waals surface area contributed by atoms with Gasteiger partial charge in [0.1, 0.15) is 0 Å². The first-order valence-electron chi connectivity index (χ1n) is 5.59. The van der Waals surface area contributed by atoms with Gasteiger partial charge < -0.3 is 16.0 Å². The Hall–Kier alpha value is -1.60. The van der Waals surface area contributed by atoms with E-state index in [0.29, 0.717) is 13.1 Å². The molecule has 1 atom stereocenters. The van der Waals surface area contributed by atoms with E-state index in [4.69, 9.17) is 5.73 Å². The predicted octanol–water partition coefficient (Wildman–Crippen LogP) is -0.230. The highest BCUT2D eigenvalue weighted by Crippen LogP contribution is 2.19. The third-order valence-electron chi connectivity index (χ3n) is 2.91. The van der Waals surface area contributed by atoms with E-state index >= 15 is 0 Å². The summed E-state index contributed by atoms with van der Waals surface area (Å²) in [6.07, 6.45) is 0. The molecular formula is C11H15N3O3S. The largest absolute Gasteiger partial charge is 0.351 e. The topological polar surface area (TPSA) is 92.5 Å². The van der Waals surface area contributed by atoms with Crippen LogP contribution in [0.1, 0.15) is 0 Å². The molecule has 0 aromatic heterocycles. The lowest BCUT2D eigenvalue weighted by atomic mass is 10.4. The Labute approximate surface area is 106 Å². The van der Waals surface area contributed by atoms with Gasteiger partial charge in [0.2, 0.25) is 9.84 Å². The number of nitrogens with zero attached hydrogens (tertiary/aromatic N) is 1. The zero-order valence-corrected chi connectivity index (χ0v) is 10.6. The minimum Gasteiger partial charge on any atom is -0.351 e. The van der Waals surface area contributed by atoms with Gasteiger partial charge in [-0.2, -0.15) is 0 Å². The molecule has 7 heteroatoms. The number of sulfone groups is 1. The van der Waals surface area contributed by atoms with Crippen LogP contribution in [0.25, 0.3) is 0 Å². The number of urea groups is 1. The predicted molar refractivity (Wildman–Crippen MR) is 66.6 cm³/mol. The number of piperazine rings is 1. The molecule has 2 amide bonds. The molecule has 1 fully saturated rings. The van der Waals surface area contributed by atoms with Crippen molar-refractivity contribution in [2.24, 2.45) is 5.73 Å². The van der Waals surface area contributed by atoms with Gasteiger partial charge in [-0.15, -0.1) is 0 Å². The fourth-order valence-electron chi connectivity index (χ4n) is 1.98. The summed E-state index contributed by atoms with van der Waals surface area (Å²) in [6.45, 7) is 1.04. The van der Waals surface area contributed by atoms with Gasteiger partial charge in [0.05, 0.1) is 4.90 Å². The van der Waals surface area contributed by atoms with Crippen LogP contribution in [0.2, 0.25) is 0 Å². The van der Waals surface area contributed by atoms with Crippen molar-refractivity contribution in [1.29, 1.82) is 0 Å². The Bertz CT molecular complexity index is 530. The van der Waals surface area contributed by atoms with Gasteiger partial charge in [-0.1, -0.05) is 18.2 Å². The van der Waals surface area contributed by atoms with Crippen molar-refractivity contribution in [1.82, 2.24) is 10.2 Å². The number of primary amides is 1. The number of hydrogen-bond donors (Lipinski definition) is 2. The highest BCUT2D eigenvalue weighted by molar-refractivity contribution is 7.92. The smallest absolute Gasteiger partial charge is 0.315 e. The lowest BCUT2D eigenvalue weighted by Gasteiger charge is -2.34. The van der Waals surface area contributed by atoms with Gasteiger partial charge in [-0.25, -0.2) is 13.2 Å². The number of nitrogens with one attached hydrogen (secondary N) is 1. The molecule has 0 radical (unpaired) electrons. The third kappa shape index (κ3) is 2.32. The van der Waals surface area contributed by atoms with Crippen LogP contribution in [-0.2, 0) is 9.84 Å². The van der Waals surface area contributed by atoms with Gasteiger partial charge in [-0.3, -0.25) is 0 Å². The molecule has 1 heterocycles. The van der Waals surface area contributed by atoms with Crippen molar-refractivity contribution in [3.8, 4) is 0 Å². The number of rotatable bonds is 2. The normalized spacial score (nSPS) is 20.7. The quantitative estimate of drug-likeness (QED) is 0.775. The van der Waals surface area contributed by atoms with Gasteiger partial charge >= 0.3 is 6.03 Å². The highest BCUT2D eigenvalue weighted by atomic mass is 32.2. The number of hydrogen-bond acceptors (Lipinski definition) is 4. The average molecular weight is 269 g/mol. The molecule has 1 aliphatic rings. The summed E-state index contributed by atoms with van der Waals surface area (Å²) in [5.41, 5.74) is 5.23. The van der Waals surface area contributed by atoms with Crippen molar-refractivity contribution < 1.29 is 13.2 Å². The van der Waals surface area contributed by atoms with Crippen molar-refractivity contribution in [3.63, 3.8) is 0 Å². The molecule has 6 nitrogen and oxygen atoms in total. The minimum atomic E-state index is -3.59. The van der Waals surface area contributed by atoms with Crippen molar-refractivity contribution in [3.05, 3.63) is 30.3 Å². The Balaban J connectivity index is 2.36. The molecule has 1 aliphatic heterocycles. The van der Waals surface area contributed by atoms with E-state index in [0.717, 1.165) is 0 Å². The van der Waals surface area contributed by atoms with Gasteiger partial charge in [0, 0.05) is 19.6 Å². The molecule has 1 saturated heterocycles. The standard InChI is InChI=1S/C11H15N3O3S/c12-11(15)14-7-6-13-8-10(14)18(16,17)9-4-2-1-3-5-9/h1-5,10,13H,6-8H2,(H2,12,15). The van der Waals surface area contributed by atoms with E-state index in [2.05, 4.69) is 5.32 Å². The second kappa shape index (κ2) is 4.95. The molecule has 0 spiro atoms. The maximum absolute atomic E-state index is 12.4. The maximum Gasteiger partial charge on any atom is 0.315 e. The van der Waals surface area contributed by atoms with E-state index < -0.39 is 21.2 Å². The second-order valence-electron chi connectivity index (χ2n) is 4.05. The Kier molecular flexibility index (Phi) is 3.53. The first-order valence-corrected chi connectivity index (χ1v) is 7.14. The second-order valence-corrected chi connectivity index (χ2v) is 6.15. The van der Waals surface area contributed by atoms with Gasteiger partial charge in [0.25, 0.3) is 0 Å². The third-order valence-corrected chi connectivity index (χ3v) is 4.98. The maximum atomic E-state index is 12.4. The molecule has 18 heavy (non-hydrogen) atoms. The summed E-state index contributed by atoms with van der Waals surface area (Å²) in [7, 11) is -3.59. The lowest BCUT2D eigenvalue weighted by molar-refractivity contribution is 0.189. The summed E-state index contributed by atoms with van der Waals surface area (Å²) < 4.78 is 24.8. The lowest BCUT2D eigenvalue weighted by Crippen LogP contribution is -2.58. The van der Waals surface area contributed by atoms with E-state index in [1.54, 1.807) is 18.2 Å². The summed E-state index contributed by atoms with van der Waals surface area (Å²) in [6, 6.07) is 7.37. The SMILES string of the molecule is NC(=O)N1CCNCC1S(=O)(=O)c1ccccc1. The van der Waals surface area contributed by atoms with Crippen LogP contribution in [0.15, 0.2) is 35.2 Å². The van der Waals surface area contributed by atoms with E-state index in [1.807, 2.05) is 0 Å². The number of carbonyl (C=O) groups excluding carboxylic acids is 1. The molecule has 1 aromatic rings. The Morgan fingerprint density at radius 2 is 2.00 bits per heavy atom. The minimum absolute atomic E-state index is 0.195. The van der Waals surface area contributed by atoms with Crippen LogP contribution in [0.4, 0.5) is 4.79 Å². The molecule has 98 valence electrons.